The summed E-state index contributed by atoms with van der Waals surface area (Å²) in [5, 5.41) is 0. The van der Waals surface area contributed by atoms with Crippen molar-refractivity contribution in [2.75, 3.05) is 7.11 Å². The Labute approximate surface area is 84.2 Å². The van der Waals surface area contributed by atoms with Crippen molar-refractivity contribution in [2.24, 2.45) is 0 Å². The van der Waals surface area contributed by atoms with Crippen LogP contribution in [0.4, 0.5) is 0 Å². The third kappa shape index (κ3) is 3.05. The smallest absolute Gasteiger partial charge is 0.140 e. The highest BCUT2D eigenvalue weighted by Gasteiger charge is 2.02. The molecule has 0 aliphatic carbocycles. The van der Waals surface area contributed by atoms with Gasteiger partial charge in [0.15, 0.2) is 0 Å². The predicted octanol–water partition coefficient (Wildman–Crippen LogP) is 2.38. The van der Waals surface area contributed by atoms with Crippen LogP contribution in [0.3, 0.4) is 0 Å². The Balaban J connectivity index is 2.66. The van der Waals surface area contributed by atoms with Gasteiger partial charge in [-0.3, -0.25) is 4.79 Å². The highest BCUT2D eigenvalue weighted by molar-refractivity contribution is 5.82. The van der Waals surface area contributed by atoms with Crippen LogP contribution >= 0.6 is 0 Å². The van der Waals surface area contributed by atoms with Gasteiger partial charge < -0.3 is 4.74 Å². The van der Waals surface area contributed by atoms with E-state index >= 15 is 0 Å². The van der Waals surface area contributed by atoms with Crippen LogP contribution in [0.5, 0.6) is 5.75 Å². The normalized spacial score (nSPS) is 9.50. The first kappa shape index (κ1) is 10.5. The molecule has 0 amide bonds. The number of carbonyl (C=O) groups is 1. The molecule has 1 aromatic carbocycles. The molecule has 14 heavy (non-hydrogen) atoms. The van der Waals surface area contributed by atoms with Crippen LogP contribution in [0.2, 0.25) is 0 Å². The van der Waals surface area contributed by atoms with Crippen molar-refractivity contribution in [1.82, 2.24) is 0 Å². The van der Waals surface area contributed by atoms with Crippen molar-refractivity contribution in [2.45, 2.75) is 12.8 Å². The van der Waals surface area contributed by atoms with E-state index in [1.165, 1.54) is 0 Å². The van der Waals surface area contributed by atoms with Crippen molar-refractivity contribution in [3.63, 3.8) is 0 Å². The van der Waals surface area contributed by atoms with Crippen molar-refractivity contribution in [1.29, 1.82) is 0 Å². The Hall–Kier alpha value is -1.57. The lowest BCUT2D eigenvalue weighted by Crippen LogP contribution is -2.00. The zero-order valence-corrected chi connectivity index (χ0v) is 8.32. The molecule has 0 bridgehead atoms. The van der Waals surface area contributed by atoms with Crippen LogP contribution in [0.25, 0.3) is 0 Å². The monoisotopic (exact) mass is 190 g/mol. The molecule has 0 saturated carbocycles. The Morgan fingerprint density at radius 3 is 3.00 bits per heavy atom. The van der Waals surface area contributed by atoms with E-state index in [0.29, 0.717) is 12.8 Å². The number of benzene rings is 1. The van der Waals surface area contributed by atoms with Crippen LogP contribution in [0.15, 0.2) is 36.9 Å². The molecule has 74 valence electrons. The zero-order chi connectivity index (χ0) is 10.4. The van der Waals surface area contributed by atoms with Gasteiger partial charge in [0, 0.05) is 12.8 Å². The van der Waals surface area contributed by atoms with Gasteiger partial charge in [-0.05, 0) is 17.7 Å². The average molecular weight is 190 g/mol. The first-order valence-electron chi connectivity index (χ1n) is 4.52. The molecular weight excluding hydrogens is 176 g/mol. The molecule has 0 fully saturated rings. The summed E-state index contributed by atoms with van der Waals surface area (Å²) in [7, 11) is 1.62. The van der Waals surface area contributed by atoms with E-state index in [-0.39, 0.29) is 5.78 Å². The van der Waals surface area contributed by atoms with E-state index in [9.17, 15) is 4.79 Å². The summed E-state index contributed by atoms with van der Waals surface area (Å²) in [6, 6.07) is 7.54. The highest BCUT2D eigenvalue weighted by atomic mass is 16.5. The van der Waals surface area contributed by atoms with Crippen molar-refractivity contribution in [3.8, 4) is 5.75 Å². The lowest BCUT2D eigenvalue weighted by Gasteiger charge is -2.02. The molecule has 0 saturated heterocycles. The Kier molecular flexibility index (Phi) is 3.92. The minimum absolute atomic E-state index is 0.174. The number of ketones is 1. The van der Waals surface area contributed by atoms with Crippen LogP contribution in [-0.4, -0.2) is 12.9 Å². The average Bonchev–Trinajstić information content (AvgIpc) is 2.18. The summed E-state index contributed by atoms with van der Waals surface area (Å²) in [6.07, 6.45) is 2.50. The molecule has 0 atom stereocenters. The zero-order valence-electron chi connectivity index (χ0n) is 8.32. The minimum atomic E-state index is 0.174. The number of allylic oxidation sites excluding steroid dienone is 1. The van der Waals surface area contributed by atoms with E-state index < -0.39 is 0 Å². The van der Waals surface area contributed by atoms with Crippen LogP contribution in [0.1, 0.15) is 12.0 Å². The maximum Gasteiger partial charge on any atom is 0.140 e. The molecule has 0 aliphatic heterocycles. The summed E-state index contributed by atoms with van der Waals surface area (Å²) in [5.74, 6) is 0.960. The molecule has 0 aliphatic rings. The molecule has 0 unspecified atom stereocenters. The lowest BCUT2D eigenvalue weighted by molar-refractivity contribution is -0.117. The summed E-state index contributed by atoms with van der Waals surface area (Å²) in [5.41, 5.74) is 0.983. The maximum absolute atomic E-state index is 11.3. The maximum atomic E-state index is 11.3. The highest BCUT2D eigenvalue weighted by Crippen LogP contribution is 2.13. The van der Waals surface area contributed by atoms with Gasteiger partial charge in [-0.15, -0.1) is 6.58 Å². The molecule has 0 radical (unpaired) electrons. The fourth-order valence-corrected chi connectivity index (χ4v) is 1.24. The minimum Gasteiger partial charge on any atom is -0.497 e. The number of rotatable bonds is 5. The molecule has 1 rings (SSSR count). The van der Waals surface area contributed by atoms with Gasteiger partial charge in [-0.25, -0.2) is 0 Å². The Bertz CT molecular complexity index is 329. The van der Waals surface area contributed by atoms with Gasteiger partial charge in [0.25, 0.3) is 0 Å². The number of hydrogen-bond acceptors (Lipinski definition) is 2. The summed E-state index contributed by atoms with van der Waals surface area (Å²) < 4.78 is 5.06. The summed E-state index contributed by atoms with van der Waals surface area (Å²) >= 11 is 0. The van der Waals surface area contributed by atoms with Gasteiger partial charge in [0.05, 0.1) is 7.11 Å². The number of Topliss-reactive ketones (excluding diaryl/α,β-unsaturated/α-hetero) is 1. The van der Waals surface area contributed by atoms with Crippen LogP contribution < -0.4 is 4.74 Å². The molecule has 0 N–H and O–H groups in total. The van der Waals surface area contributed by atoms with Crippen LogP contribution in [-0.2, 0) is 11.2 Å². The van der Waals surface area contributed by atoms with Crippen molar-refractivity contribution in [3.05, 3.63) is 42.5 Å². The third-order valence-corrected chi connectivity index (χ3v) is 1.91. The first-order valence-corrected chi connectivity index (χ1v) is 4.52. The predicted molar refractivity (Wildman–Crippen MR) is 56.5 cm³/mol. The second-order valence-electron chi connectivity index (χ2n) is 3.06. The van der Waals surface area contributed by atoms with Gasteiger partial charge in [0.2, 0.25) is 0 Å². The van der Waals surface area contributed by atoms with E-state index in [1.807, 2.05) is 24.3 Å². The van der Waals surface area contributed by atoms with E-state index in [2.05, 4.69) is 6.58 Å². The topological polar surface area (TPSA) is 26.3 Å². The largest absolute Gasteiger partial charge is 0.497 e. The molecule has 2 heteroatoms. The van der Waals surface area contributed by atoms with Gasteiger partial charge in [0.1, 0.15) is 11.5 Å². The molecular formula is C12H14O2. The SMILES string of the molecule is C=CCC(=O)Cc1cccc(OC)c1. The van der Waals surface area contributed by atoms with Crippen LogP contribution in [0, 0.1) is 0 Å². The molecule has 0 spiro atoms. The second-order valence-corrected chi connectivity index (χ2v) is 3.06. The molecule has 1 aromatic rings. The number of methoxy groups -OCH3 is 1. The van der Waals surface area contributed by atoms with Gasteiger partial charge >= 0.3 is 0 Å². The number of hydrogen-bond donors (Lipinski definition) is 0. The van der Waals surface area contributed by atoms with E-state index in [1.54, 1.807) is 13.2 Å². The van der Waals surface area contributed by atoms with E-state index in [4.69, 9.17) is 4.74 Å². The quantitative estimate of drug-likeness (QED) is 0.666. The van der Waals surface area contributed by atoms with Gasteiger partial charge in [-0.2, -0.15) is 0 Å². The fraction of sp³-hybridized carbons (Fsp3) is 0.250. The lowest BCUT2D eigenvalue weighted by atomic mass is 10.1. The second kappa shape index (κ2) is 5.22. The molecule has 0 aromatic heterocycles. The third-order valence-electron chi connectivity index (χ3n) is 1.91. The first-order chi connectivity index (χ1) is 6.76. The summed E-state index contributed by atoms with van der Waals surface area (Å²) in [6.45, 7) is 3.53. The van der Waals surface area contributed by atoms with E-state index in [0.717, 1.165) is 11.3 Å². The fourth-order valence-electron chi connectivity index (χ4n) is 1.24. The standard InChI is InChI=1S/C12H14O2/c1-3-5-11(13)8-10-6-4-7-12(9-10)14-2/h3-4,6-7,9H,1,5,8H2,2H3. The molecule has 0 heterocycles. The number of carbonyl (C=O) groups excluding carboxylic acids is 1. The van der Waals surface area contributed by atoms with Gasteiger partial charge in [-0.1, -0.05) is 18.2 Å². The number of ether oxygens (including phenoxy) is 1. The Morgan fingerprint density at radius 2 is 2.36 bits per heavy atom. The Morgan fingerprint density at radius 1 is 1.57 bits per heavy atom. The summed E-state index contributed by atoms with van der Waals surface area (Å²) in [4.78, 5) is 11.3. The molecule has 2 nitrogen and oxygen atoms in total. The van der Waals surface area contributed by atoms with Crippen molar-refractivity contribution >= 4 is 5.78 Å². The van der Waals surface area contributed by atoms with Crippen molar-refractivity contribution < 1.29 is 9.53 Å².